The van der Waals surface area contributed by atoms with Gasteiger partial charge in [-0.15, -0.1) is 0 Å². The van der Waals surface area contributed by atoms with Gasteiger partial charge in [-0.1, -0.05) is 29.3 Å². The second-order valence-electron chi connectivity index (χ2n) is 5.66. The van der Waals surface area contributed by atoms with Gasteiger partial charge in [-0.2, -0.15) is 0 Å². The van der Waals surface area contributed by atoms with Crippen LogP contribution in [-0.2, 0) is 14.3 Å². The van der Waals surface area contributed by atoms with Gasteiger partial charge in [0.1, 0.15) is 6.10 Å². The fourth-order valence-corrected chi connectivity index (χ4v) is 2.69. The van der Waals surface area contributed by atoms with E-state index in [-0.39, 0.29) is 30.8 Å². The van der Waals surface area contributed by atoms with Crippen LogP contribution < -0.4 is 0 Å². The maximum Gasteiger partial charge on any atom is 0.223 e. The molecule has 126 valence electrons. The Morgan fingerprint density at radius 2 is 2.00 bits per heavy atom. The first-order chi connectivity index (χ1) is 10.9. The zero-order valence-electron chi connectivity index (χ0n) is 13.2. The SMILES string of the molecule is CN(C)C(=O)CCC(=O)N1CCO[C@@H](c2ccc(Cl)c(Cl)c2)C1. The molecule has 0 bridgehead atoms. The Morgan fingerprint density at radius 3 is 2.65 bits per heavy atom. The van der Waals surface area contributed by atoms with Crippen LogP contribution >= 0.6 is 23.2 Å². The summed E-state index contributed by atoms with van der Waals surface area (Å²) in [5.41, 5.74) is 0.890. The first-order valence-electron chi connectivity index (χ1n) is 7.43. The van der Waals surface area contributed by atoms with E-state index in [0.717, 1.165) is 5.56 Å². The molecule has 1 fully saturated rings. The fraction of sp³-hybridized carbons (Fsp3) is 0.500. The number of carbonyl (C=O) groups is 2. The Balaban J connectivity index is 1.96. The average molecular weight is 359 g/mol. The minimum absolute atomic E-state index is 0.0337. The van der Waals surface area contributed by atoms with Crippen molar-refractivity contribution in [2.24, 2.45) is 0 Å². The lowest BCUT2D eigenvalue weighted by Gasteiger charge is -2.33. The highest BCUT2D eigenvalue weighted by Crippen LogP contribution is 2.29. The number of benzene rings is 1. The smallest absolute Gasteiger partial charge is 0.223 e. The second kappa shape index (κ2) is 7.99. The van der Waals surface area contributed by atoms with Crippen molar-refractivity contribution in [1.82, 2.24) is 9.80 Å². The minimum Gasteiger partial charge on any atom is -0.370 e. The molecule has 0 saturated carbocycles. The highest BCUT2D eigenvalue weighted by Gasteiger charge is 2.26. The number of halogens is 2. The van der Waals surface area contributed by atoms with Crippen LogP contribution in [0.2, 0.25) is 10.0 Å². The van der Waals surface area contributed by atoms with Crippen LogP contribution in [0.15, 0.2) is 18.2 Å². The van der Waals surface area contributed by atoms with Gasteiger partial charge in [0.25, 0.3) is 0 Å². The van der Waals surface area contributed by atoms with Crippen LogP contribution in [0.1, 0.15) is 24.5 Å². The summed E-state index contributed by atoms with van der Waals surface area (Å²) in [7, 11) is 3.36. The maximum absolute atomic E-state index is 12.3. The van der Waals surface area contributed by atoms with Crippen LogP contribution in [0.25, 0.3) is 0 Å². The lowest BCUT2D eigenvalue weighted by atomic mass is 10.1. The van der Waals surface area contributed by atoms with Gasteiger partial charge in [0.2, 0.25) is 11.8 Å². The van der Waals surface area contributed by atoms with Crippen LogP contribution in [-0.4, -0.2) is 55.4 Å². The molecule has 1 aromatic rings. The van der Waals surface area contributed by atoms with Crippen LogP contribution in [0.3, 0.4) is 0 Å². The average Bonchev–Trinajstić information content (AvgIpc) is 2.54. The predicted octanol–water partition coefficient (Wildman–Crippen LogP) is 2.76. The van der Waals surface area contributed by atoms with Crippen molar-refractivity contribution in [3.05, 3.63) is 33.8 Å². The summed E-state index contributed by atoms with van der Waals surface area (Å²) in [6, 6.07) is 5.33. The molecule has 5 nitrogen and oxygen atoms in total. The molecule has 1 saturated heterocycles. The van der Waals surface area contributed by atoms with Crippen molar-refractivity contribution in [2.75, 3.05) is 33.8 Å². The number of rotatable bonds is 4. The highest BCUT2D eigenvalue weighted by atomic mass is 35.5. The van der Waals surface area contributed by atoms with E-state index in [1.165, 1.54) is 4.90 Å². The lowest BCUT2D eigenvalue weighted by molar-refractivity contribution is -0.141. The molecule has 0 spiro atoms. The van der Waals surface area contributed by atoms with Crippen molar-refractivity contribution in [3.8, 4) is 0 Å². The van der Waals surface area contributed by atoms with E-state index in [1.807, 2.05) is 6.07 Å². The second-order valence-corrected chi connectivity index (χ2v) is 6.48. The Bertz CT molecular complexity index is 593. The van der Waals surface area contributed by atoms with E-state index in [0.29, 0.717) is 29.7 Å². The molecule has 0 N–H and O–H groups in total. The first-order valence-corrected chi connectivity index (χ1v) is 8.18. The quantitative estimate of drug-likeness (QED) is 0.831. The molecule has 2 rings (SSSR count). The van der Waals surface area contributed by atoms with Crippen molar-refractivity contribution >= 4 is 35.0 Å². The molecule has 1 heterocycles. The van der Waals surface area contributed by atoms with E-state index in [1.54, 1.807) is 31.1 Å². The lowest BCUT2D eigenvalue weighted by Crippen LogP contribution is -2.42. The first kappa shape index (κ1) is 18.0. The van der Waals surface area contributed by atoms with Crippen molar-refractivity contribution < 1.29 is 14.3 Å². The molecule has 7 heteroatoms. The third kappa shape index (κ3) is 4.83. The molecule has 1 aliphatic heterocycles. The minimum atomic E-state index is -0.230. The number of ether oxygens (including phenoxy) is 1. The van der Waals surface area contributed by atoms with Gasteiger partial charge in [-0.25, -0.2) is 0 Å². The van der Waals surface area contributed by atoms with E-state index in [9.17, 15) is 9.59 Å². The van der Waals surface area contributed by atoms with E-state index < -0.39 is 0 Å². The van der Waals surface area contributed by atoms with E-state index >= 15 is 0 Å². The normalized spacial score (nSPS) is 17.9. The van der Waals surface area contributed by atoms with Crippen molar-refractivity contribution in [1.29, 1.82) is 0 Å². The number of hydrogen-bond acceptors (Lipinski definition) is 3. The largest absolute Gasteiger partial charge is 0.370 e. The monoisotopic (exact) mass is 358 g/mol. The Hall–Kier alpha value is -1.30. The van der Waals surface area contributed by atoms with Gasteiger partial charge >= 0.3 is 0 Å². The highest BCUT2D eigenvalue weighted by molar-refractivity contribution is 6.42. The van der Waals surface area contributed by atoms with Crippen LogP contribution in [0.4, 0.5) is 0 Å². The molecule has 23 heavy (non-hydrogen) atoms. The standard InChI is InChI=1S/C16H20Cl2N2O3/c1-19(2)15(21)5-6-16(22)20-7-8-23-14(10-20)11-3-4-12(17)13(18)9-11/h3-4,9,14H,5-8,10H2,1-2H3/t14-/m1/s1. The number of amides is 2. The van der Waals surface area contributed by atoms with Gasteiger partial charge in [0.05, 0.1) is 23.2 Å². The van der Waals surface area contributed by atoms with Crippen molar-refractivity contribution in [3.63, 3.8) is 0 Å². The summed E-state index contributed by atoms with van der Waals surface area (Å²) in [6.45, 7) is 1.44. The number of morpholine rings is 1. The summed E-state index contributed by atoms with van der Waals surface area (Å²) in [5.74, 6) is -0.0822. The number of carbonyl (C=O) groups excluding carboxylic acids is 2. The van der Waals surface area contributed by atoms with Gasteiger partial charge in [-0.05, 0) is 17.7 Å². The number of hydrogen-bond donors (Lipinski definition) is 0. The van der Waals surface area contributed by atoms with Gasteiger partial charge in [0.15, 0.2) is 0 Å². The molecular formula is C16H20Cl2N2O3. The molecule has 0 radical (unpaired) electrons. The van der Waals surface area contributed by atoms with E-state index in [2.05, 4.69) is 0 Å². The molecule has 1 aromatic carbocycles. The molecule has 0 aromatic heterocycles. The fourth-order valence-electron chi connectivity index (χ4n) is 2.39. The summed E-state index contributed by atoms with van der Waals surface area (Å²) in [5, 5.41) is 0.953. The van der Waals surface area contributed by atoms with E-state index in [4.69, 9.17) is 27.9 Å². The zero-order valence-corrected chi connectivity index (χ0v) is 14.7. The van der Waals surface area contributed by atoms with Gasteiger partial charge in [0, 0.05) is 33.5 Å². The molecule has 0 unspecified atom stereocenters. The predicted molar refractivity (Wildman–Crippen MR) is 89.7 cm³/mol. The Kier molecular flexibility index (Phi) is 6.27. The van der Waals surface area contributed by atoms with Gasteiger partial charge < -0.3 is 14.5 Å². The van der Waals surface area contributed by atoms with Crippen LogP contribution in [0.5, 0.6) is 0 Å². The zero-order chi connectivity index (χ0) is 17.0. The summed E-state index contributed by atoms with van der Waals surface area (Å²) in [4.78, 5) is 27.1. The molecular weight excluding hydrogens is 339 g/mol. The summed E-state index contributed by atoms with van der Waals surface area (Å²) < 4.78 is 5.73. The van der Waals surface area contributed by atoms with Crippen LogP contribution in [0, 0.1) is 0 Å². The summed E-state index contributed by atoms with van der Waals surface area (Å²) in [6.07, 6.45) is 0.207. The molecule has 2 amide bonds. The third-order valence-corrected chi connectivity index (χ3v) is 4.53. The third-order valence-electron chi connectivity index (χ3n) is 3.79. The topological polar surface area (TPSA) is 49.9 Å². The Labute approximate surface area is 146 Å². The van der Waals surface area contributed by atoms with Gasteiger partial charge in [-0.3, -0.25) is 9.59 Å². The number of nitrogens with zero attached hydrogens (tertiary/aromatic N) is 2. The molecule has 1 aliphatic rings. The van der Waals surface area contributed by atoms with Crippen molar-refractivity contribution in [2.45, 2.75) is 18.9 Å². The molecule has 1 atom stereocenters. The Morgan fingerprint density at radius 1 is 1.26 bits per heavy atom. The molecule has 0 aliphatic carbocycles. The maximum atomic E-state index is 12.3. The summed E-state index contributed by atoms with van der Waals surface area (Å²) >= 11 is 12.0.